The van der Waals surface area contributed by atoms with Crippen LogP contribution in [0.2, 0.25) is 0 Å². The molecular formula is C18H16BrNO. The topological polar surface area (TPSA) is 32.3 Å². The number of phenolic OH excluding ortho intramolecular Hbond substituents is 1. The van der Waals surface area contributed by atoms with Gasteiger partial charge in [0.25, 0.3) is 0 Å². The van der Waals surface area contributed by atoms with Crippen LogP contribution in [0.5, 0.6) is 5.75 Å². The maximum Gasteiger partial charge on any atom is 0.138 e. The Morgan fingerprint density at radius 2 is 1.90 bits per heavy atom. The largest absolute Gasteiger partial charge is 0.506 e. The van der Waals surface area contributed by atoms with E-state index in [-0.39, 0.29) is 6.04 Å². The van der Waals surface area contributed by atoms with Crippen molar-refractivity contribution in [2.45, 2.75) is 18.4 Å². The molecule has 2 aromatic rings. The first-order valence-electron chi connectivity index (χ1n) is 7.24. The molecule has 0 aromatic heterocycles. The molecule has 1 heterocycles. The lowest BCUT2D eigenvalue weighted by molar-refractivity contribution is 0.415. The summed E-state index contributed by atoms with van der Waals surface area (Å²) in [6.45, 7) is 0. The van der Waals surface area contributed by atoms with E-state index >= 15 is 0 Å². The minimum absolute atomic E-state index is 0.235. The fourth-order valence-electron chi connectivity index (χ4n) is 3.61. The van der Waals surface area contributed by atoms with Crippen molar-refractivity contribution in [1.29, 1.82) is 0 Å². The smallest absolute Gasteiger partial charge is 0.138 e. The summed E-state index contributed by atoms with van der Waals surface area (Å²) in [5.41, 5.74) is 3.37. The van der Waals surface area contributed by atoms with Crippen molar-refractivity contribution in [3.05, 3.63) is 70.2 Å². The first kappa shape index (κ1) is 13.0. The molecule has 3 heteroatoms. The van der Waals surface area contributed by atoms with Crippen LogP contribution in [0, 0.1) is 5.92 Å². The molecule has 21 heavy (non-hydrogen) atoms. The van der Waals surface area contributed by atoms with Crippen LogP contribution >= 0.6 is 15.9 Å². The lowest BCUT2D eigenvalue weighted by atomic mass is 9.77. The van der Waals surface area contributed by atoms with Gasteiger partial charge in [0.05, 0.1) is 11.7 Å². The van der Waals surface area contributed by atoms with E-state index in [9.17, 15) is 5.11 Å². The summed E-state index contributed by atoms with van der Waals surface area (Å²) in [5.74, 6) is 1.25. The second-order valence-electron chi connectivity index (χ2n) is 5.77. The van der Waals surface area contributed by atoms with Crippen LogP contribution in [0.25, 0.3) is 0 Å². The van der Waals surface area contributed by atoms with Gasteiger partial charge < -0.3 is 10.4 Å². The number of para-hydroxylation sites is 1. The molecule has 0 saturated carbocycles. The number of fused-ring (bicyclic) bond motifs is 3. The first-order chi connectivity index (χ1) is 10.2. The monoisotopic (exact) mass is 341 g/mol. The average molecular weight is 342 g/mol. The second-order valence-corrected chi connectivity index (χ2v) is 6.68. The Bertz CT molecular complexity index is 708. The highest BCUT2D eigenvalue weighted by Crippen LogP contribution is 2.51. The maximum atomic E-state index is 10.2. The highest BCUT2D eigenvalue weighted by Gasteiger charge is 2.38. The lowest BCUT2D eigenvalue weighted by Gasteiger charge is -2.37. The molecule has 2 nitrogen and oxygen atoms in total. The molecule has 1 aliphatic carbocycles. The van der Waals surface area contributed by atoms with Crippen molar-refractivity contribution in [3.63, 3.8) is 0 Å². The molecular weight excluding hydrogens is 326 g/mol. The second kappa shape index (κ2) is 4.92. The normalized spacial score (nSPS) is 26.0. The molecule has 2 N–H and O–H groups in total. The summed E-state index contributed by atoms with van der Waals surface area (Å²) >= 11 is 3.49. The minimum Gasteiger partial charge on any atom is -0.506 e. The number of benzene rings is 2. The fourth-order valence-corrected chi connectivity index (χ4v) is 3.87. The van der Waals surface area contributed by atoms with E-state index in [1.807, 2.05) is 6.07 Å². The summed E-state index contributed by atoms with van der Waals surface area (Å²) in [4.78, 5) is 0. The third-order valence-electron chi connectivity index (χ3n) is 4.60. The summed E-state index contributed by atoms with van der Waals surface area (Å²) in [6, 6.07) is 14.5. The standard InChI is InChI=1S/C18H16BrNO/c19-12-9-7-11(8-10-12)17-14-4-1-3-13(14)15-5-2-6-16(21)18(15)20-17/h1-3,5-10,13-14,17,20-21H,4H2. The van der Waals surface area contributed by atoms with Crippen LogP contribution < -0.4 is 5.32 Å². The third-order valence-corrected chi connectivity index (χ3v) is 5.13. The molecule has 0 spiro atoms. The highest BCUT2D eigenvalue weighted by molar-refractivity contribution is 9.10. The number of nitrogens with one attached hydrogen (secondary N) is 1. The van der Waals surface area contributed by atoms with Gasteiger partial charge in [-0.05, 0) is 41.7 Å². The molecule has 0 bridgehead atoms. The Balaban J connectivity index is 1.81. The molecule has 0 fully saturated rings. The van der Waals surface area contributed by atoms with Gasteiger partial charge in [-0.2, -0.15) is 0 Å². The summed E-state index contributed by atoms with van der Waals surface area (Å²) < 4.78 is 1.09. The predicted molar refractivity (Wildman–Crippen MR) is 88.6 cm³/mol. The van der Waals surface area contributed by atoms with Gasteiger partial charge in [-0.25, -0.2) is 0 Å². The van der Waals surface area contributed by atoms with Gasteiger partial charge in [0.15, 0.2) is 0 Å². The summed E-state index contributed by atoms with van der Waals surface area (Å²) in [5, 5.41) is 13.8. The van der Waals surface area contributed by atoms with E-state index < -0.39 is 0 Å². The van der Waals surface area contributed by atoms with E-state index in [2.05, 4.69) is 63.7 Å². The van der Waals surface area contributed by atoms with Crippen LogP contribution in [0.1, 0.15) is 29.5 Å². The van der Waals surface area contributed by atoms with E-state index in [1.54, 1.807) is 6.07 Å². The van der Waals surface area contributed by atoms with Gasteiger partial charge in [-0.15, -0.1) is 0 Å². The van der Waals surface area contributed by atoms with Gasteiger partial charge in [0, 0.05) is 10.4 Å². The van der Waals surface area contributed by atoms with E-state index in [0.29, 0.717) is 17.6 Å². The SMILES string of the molecule is Oc1cccc2c1NC(c1ccc(Br)cc1)C1CC=CC21. The zero-order valence-corrected chi connectivity index (χ0v) is 13.0. The molecule has 3 atom stereocenters. The molecule has 0 radical (unpaired) electrons. The number of hydrogen-bond acceptors (Lipinski definition) is 2. The molecule has 2 aromatic carbocycles. The molecule has 0 amide bonds. The summed E-state index contributed by atoms with van der Waals surface area (Å²) in [7, 11) is 0. The maximum absolute atomic E-state index is 10.2. The van der Waals surface area contributed by atoms with Gasteiger partial charge in [0.1, 0.15) is 5.75 Å². The lowest BCUT2D eigenvalue weighted by Crippen LogP contribution is -2.29. The first-order valence-corrected chi connectivity index (χ1v) is 8.04. The average Bonchev–Trinajstić information content (AvgIpc) is 2.98. The van der Waals surface area contributed by atoms with Crippen LogP contribution in [0.4, 0.5) is 5.69 Å². The van der Waals surface area contributed by atoms with Crippen LogP contribution in [-0.2, 0) is 0 Å². The Morgan fingerprint density at radius 1 is 1.10 bits per heavy atom. The van der Waals surface area contributed by atoms with E-state index in [0.717, 1.165) is 16.6 Å². The van der Waals surface area contributed by atoms with Crippen molar-refractivity contribution in [3.8, 4) is 5.75 Å². The van der Waals surface area contributed by atoms with Gasteiger partial charge in [0.2, 0.25) is 0 Å². The number of hydrogen-bond donors (Lipinski definition) is 2. The number of halogens is 1. The third kappa shape index (κ3) is 2.07. The Morgan fingerprint density at radius 3 is 2.71 bits per heavy atom. The van der Waals surface area contributed by atoms with Crippen molar-refractivity contribution < 1.29 is 5.11 Å². The minimum atomic E-state index is 0.235. The molecule has 3 unspecified atom stereocenters. The van der Waals surface area contributed by atoms with E-state index in [4.69, 9.17) is 0 Å². The van der Waals surface area contributed by atoms with Crippen molar-refractivity contribution >= 4 is 21.6 Å². The number of phenols is 1. The number of aromatic hydroxyl groups is 1. The molecule has 0 saturated heterocycles. The number of allylic oxidation sites excluding steroid dienone is 2. The predicted octanol–water partition coefficient (Wildman–Crippen LogP) is 4.98. The van der Waals surface area contributed by atoms with Crippen LogP contribution in [0.15, 0.2) is 59.1 Å². The Hall–Kier alpha value is -1.74. The van der Waals surface area contributed by atoms with Gasteiger partial charge in [-0.3, -0.25) is 0 Å². The van der Waals surface area contributed by atoms with E-state index in [1.165, 1.54) is 11.1 Å². The zero-order chi connectivity index (χ0) is 14.4. The summed E-state index contributed by atoms with van der Waals surface area (Å²) in [6.07, 6.45) is 5.63. The van der Waals surface area contributed by atoms with Gasteiger partial charge in [-0.1, -0.05) is 52.3 Å². The molecule has 2 aliphatic rings. The van der Waals surface area contributed by atoms with Crippen LogP contribution in [-0.4, -0.2) is 5.11 Å². The highest BCUT2D eigenvalue weighted by atomic mass is 79.9. The molecule has 106 valence electrons. The fraction of sp³-hybridized carbons (Fsp3) is 0.222. The van der Waals surface area contributed by atoms with Crippen molar-refractivity contribution in [2.24, 2.45) is 5.92 Å². The van der Waals surface area contributed by atoms with Crippen LogP contribution in [0.3, 0.4) is 0 Å². The zero-order valence-electron chi connectivity index (χ0n) is 11.5. The number of anilines is 1. The number of rotatable bonds is 1. The van der Waals surface area contributed by atoms with Crippen molar-refractivity contribution in [1.82, 2.24) is 0 Å². The van der Waals surface area contributed by atoms with Gasteiger partial charge >= 0.3 is 0 Å². The quantitative estimate of drug-likeness (QED) is 0.566. The van der Waals surface area contributed by atoms with Crippen molar-refractivity contribution in [2.75, 3.05) is 5.32 Å². The Kier molecular flexibility index (Phi) is 3.03. The molecule has 4 rings (SSSR count). The Labute approximate surface area is 132 Å². The molecule has 1 aliphatic heterocycles.